The van der Waals surface area contributed by atoms with Crippen LogP contribution < -0.4 is 10.6 Å². The van der Waals surface area contributed by atoms with Crippen molar-refractivity contribution in [2.45, 2.75) is 58.4 Å². The minimum Gasteiger partial charge on any atom is -0.364 e. The summed E-state index contributed by atoms with van der Waals surface area (Å²) >= 11 is 0. The second kappa shape index (κ2) is 7.38. The van der Waals surface area contributed by atoms with Crippen molar-refractivity contribution in [1.29, 1.82) is 0 Å². The lowest BCUT2D eigenvalue weighted by atomic mass is 9.97. The highest BCUT2D eigenvalue weighted by atomic mass is 16.1. The van der Waals surface area contributed by atoms with E-state index in [1.54, 1.807) is 12.1 Å². The van der Waals surface area contributed by atoms with Crippen LogP contribution >= 0.6 is 0 Å². The molecule has 0 bridgehead atoms. The van der Waals surface area contributed by atoms with E-state index >= 15 is 0 Å². The van der Waals surface area contributed by atoms with Crippen LogP contribution in [-0.2, 0) is 0 Å². The maximum atomic E-state index is 12.0. The van der Waals surface area contributed by atoms with Gasteiger partial charge in [0.25, 0.3) is 5.91 Å². The van der Waals surface area contributed by atoms with E-state index in [2.05, 4.69) is 47.7 Å². The number of aromatic nitrogens is 2. The normalized spacial score (nSPS) is 15.1. The molecule has 0 aliphatic heterocycles. The smallest absolute Gasteiger partial charge is 0.271 e. The number of allylic oxidation sites excluding steroid dienone is 1. The molecular formula is C17H26N4O. The van der Waals surface area contributed by atoms with Gasteiger partial charge in [-0.3, -0.25) is 4.79 Å². The number of carbonyl (C=O) groups excluding carboxylic acids is 1. The third-order valence-corrected chi connectivity index (χ3v) is 3.52. The molecule has 0 saturated carbocycles. The molecule has 5 heteroatoms. The van der Waals surface area contributed by atoms with Crippen molar-refractivity contribution in [1.82, 2.24) is 15.5 Å². The Hall–Kier alpha value is -1.91. The minimum atomic E-state index is -0.161. The summed E-state index contributed by atoms with van der Waals surface area (Å²) in [5.41, 5.74) is 1.74. The van der Waals surface area contributed by atoms with Crippen molar-refractivity contribution in [3.8, 4) is 0 Å². The highest BCUT2D eigenvalue weighted by Crippen LogP contribution is 2.19. The van der Waals surface area contributed by atoms with Crippen LogP contribution in [0.1, 0.15) is 63.4 Å². The molecule has 2 N–H and O–H groups in total. The topological polar surface area (TPSA) is 66.9 Å². The van der Waals surface area contributed by atoms with E-state index in [9.17, 15) is 4.79 Å². The van der Waals surface area contributed by atoms with Crippen molar-refractivity contribution in [3.05, 3.63) is 29.5 Å². The van der Waals surface area contributed by atoms with Gasteiger partial charge in [0.15, 0.2) is 5.69 Å². The van der Waals surface area contributed by atoms with Gasteiger partial charge in [0.1, 0.15) is 5.82 Å². The predicted octanol–water partition coefficient (Wildman–Crippen LogP) is 3.31. The van der Waals surface area contributed by atoms with E-state index < -0.39 is 0 Å². The SMILES string of the molecule is CC(C)(C)Nc1ccc(C(=O)NCCC2=CCCCC2)nn1. The van der Waals surface area contributed by atoms with Crippen molar-refractivity contribution >= 4 is 11.7 Å². The van der Waals surface area contributed by atoms with Crippen molar-refractivity contribution in [3.63, 3.8) is 0 Å². The number of hydrogen-bond acceptors (Lipinski definition) is 4. The van der Waals surface area contributed by atoms with Gasteiger partial charge in [-0.15, -0.1) is 10.2 Å². The summed E-state index contributed by atoms with van der Waals surface area (Å²) in [4.78, 5) is 12.0. The Balaban J connectivity index is 1.81. The van der Waals surface area contributed by atoms with Gasteiger partial charge >= 0.3 is 0 Å². The van der Waals surface area contributed by atoms with Crippen LogP contribution in [0.25, 0.3) is 0 Å². The van der Waals surface area contributed by atoms with Gasteiger partial charge in [-0.25, -0.2) is 0 Å². The van der Waals surface area contributed by atoms with E-state index in [0.29, 0.717) is 18.1 Å². The van der Waals surface area contributed by atoms with Crippen molar-refractivity contribution in [2.75, 3.05) is 11.9 Å². The number of nitrogens with zero attached hydrogens (tertiary/aromatic N) is 2. The van der Waals surface area contributed by atoms with Crippen LogP contribution in [0.15, 0.2) is 23.8 Å². The van der Waals surface area contributed by atoms with Crippen LogP contribution in [0.5, 0.6) is 0 Å². The molecule has 22 heavy (non-hydrogen) atoms. The van der Waals surface area contributed by atoms with Gasteiger partial charge in [-0.1, -0.05) is 11.6 Å². The lowest BCUT2D eigenvalue weighted by molar-refractivity contribution is 0.0948. The summed E-state index contributed by atoms with van der Waals surface area (Å²) < 4.78 is 0. The van der Waals surface area contributed by atoms with Gasteiger partial charge in [0, 0.05) is 12.1 Å². The van der Waals surface area contributed by atoms with Crippen LogP contribution in [0.3, 0.4) is 0 Å². The molecule has 1 heterocycles. The first-order valence-electron chi connectivity index (χ1n) is 8.02. The van der Waals surface area contributed by atoms with E-state index in [0.717, 1.165) is 6.42 Å². The van der Waals surface area contributed by atoms with Gasteiger partial charge < -0.3 is 10.6 Å². The average Bonchev–Trinajstić information content (AvgIpc) is 2.47. The molecule has 1 aromatic rings. The minimum absolute atomic E-state index is 0.0772. The summed E-state index contributed by atoms with van der Waals surface area (Å²) in [5.74, 6) is 0.516. The van der Waals surface area contributed by atoms with E-state index in [4.69, 9.17) is 0 Å². The Morgan fingerprint density at radius 3 is 2.64 bits per heavy atom. The molecular weight excluding hydrogens is 276 g/mol. The number of anilines is 1. The quantitative estimate of drug-likeness (QED) is 0.819. The highest BCUT2D eigenvalue weighted by Gasteiger charge is 2.12. The summed E-state index contributed by atoms with van der Waals surface area (Å²) in [6, 6.07) is 3.49. The summed E-state index contributed by atoms with van der Waals surface area (Å²) in [6.07, 6.45) is 8.15. The molecule has 0 aromatic carbocycles. The highest BCUT2D eigenvalue weighted by molar-refractivity contribution is 5.92. The first-order chi connectivity index (χ1) is 10.4. The fourth-order valence-corrected chi connectivity index (χ4v) is 2.46. The molecule has 120 valence electrons. The van der Waals surface area contributed by atoms with Crippen molar-refractivity contribution < 1.29 is 4.79 Å². The van der Waals surface area contributed by atoms with E-state index in [-0.39, 0.29) is 11.4 Å². The molecule has 2 rings (SSSR count). The maximum Gasteiger partial charge on any atom is 0.271 e. The Kier molecular flexibility index (Phi) is 5.52. The molecule has 1 aliphatic rings. The van der Waals surface area contributed by atoms with Crippen LogP contribution in [0.4, 0.5) is 5.82 Å². The maximum absolute atomic E-state index is 12.0. The molecule has 5 nitrogen and oxygen atoms in total. The summed E-state index contributed by atoms with van der Waals surface area (Å²) in [7, 11) is 0. The first kappa shape index (κ1) is 16.5. The lowest BCUT2D eigenvalue weighted by Crippen LogP contribution is -2.28. The van der Waals surface area contributed by atoms with Crippen molar-refractivity contribution in [2.24, 2.45) is 0 Å². The Labute approximate surface area is 132 Å². The van der Waals surface area contributed by atoms with Crippen LogP contribution in [0, 0.1) is 0 Å². The first-order valence-corrected chi connectivity index (χ1v) is 8.02. The second-order valence-corrected chi connectivity index (χ2v) is 6.79. The molecule has 0 spiro atoms. The average molecular weight is 302 g/mol. The molecule has 0 unspecified atom stereocenters. The monoisotopic (exact) mass is 302 g/mol. The fourth-order valence-electron chi connectivity index (χ4n) is 2.46. The molecule has 0 saturated heterocycles. The molecule has 0 radical (unpaired) electrons. The Morgan fingerprint density at radius 2 is 2.05 bits per heavy atom. The molecule has 0 atom stereocenters. The lowest BCUT2D eigenvalue weighted by Gasteiger charge is -2.20. The fraction of sp³-hybridized carbons (Fsp3) is 0.588. The molecule has 1 amide bonds. The molecule has 1 aromatic heterocycles. The number of carbonyl (C=O) groups is 1. The zero-order chi connectivity index (χ0) is 16.0. The second-order valence-electron chi connectivity index (χ2n) is 6.79. The van der Waals surface area contributed by atoms with E-state index in [1.807, 2.05) is 0 Å². The summed E-state index contributed by atoms with van der Waals surface area (Å²) in [5, 5.41) is 14.2. The molecule has 0 fully saturated rings. The molecule has 1 aliphatic carbocycles. The Morgan fingerprint density at radius 1 is 1.23 bits per heavy atom. The van der Waals surface area contributed by atoms with E-state index in [1.165, 1.54) is 31.3 Å². The van der Waals surface area contributed by atoms with Gasteiger partial charge in [0.05, 0.1) is 0 Å². The third-order valence-electron chi connectivity index (χ3n) is 3.52. The number of amides is 1. The van der Waals surface area contributed by atoms with Crippen LogP contribution in [0.2, 0.25) is 0 Å². The Bertz CT molecular complexity index is 529. The van der Waals surface area contributed by atoms with Gasteiger partial charge in [0.2, 0.25) is 0 Å². The zero-order valence-corrected chi connectivity index (χ0v) is 13.8. The van der Waals surface area contributed by atoms with Gasteiger partial charge in [-0.2, -0.15) is 0 Å². The largest absolute Gasteiger partial charge is 0.364 e. The number of hydrogen-bond donors (Lipinski definition) is 2. The number of nitrogens with one attached hydrogen (secondary N) is 2. The summed E-state index contributed by atoms with van der Waals surface area (Å²) in [6.45, 7) is 6.81. The number of rotatable bonds is 5. The van der Waals surface area contributed by atoms with Crippen LogP contribution in [-0.4, -0.2) is 28.2 Å². The standard InChI is InChI=1S/C17H26N4O/c1-17(2,3)19-15-10-9-14(20-21-15)16(22)18-12-11-13-7-5-4-6-8-13/h7,9-10H,4-6,8,11-12H2,1-3H3,(H,18,22)(H,19,21). The predicted molar refractivity (Wildman–Crippen MR) is 88.9 cm³/mol. The third kappa shape index (κ3) is 5.47. The van der Waals surface area contributed by atoms with Gasteiger partial charge in [-0.05, 0) is 65.0 Å². The zero-order valence-electron chi connectivity index (χ0n) is 13.8.